The minimum absolute atomic E-state index is 0.0610. The fourth-order valence-electron chi connectivity index (χ4n) is 1.83. The first kappa shape index (κ1) is 9.77. The molecule has 15 heavy (non-hydrogen) atoms. The van der Waals surface area contributed by atoms with Crippen LogP contribution in [-0.2, 0) is 6.54 Å². The molecule has 0 aliphatic carbocycles. The van der Waals surface area contributed by atoms with Gasteiger partial charge in [-0.15, -0.1) is 0 Å². The monoisotopic (exact) mass is 202 g/mol. The first-order chi connectivity index (χ1) is 7.24. The highest BCUT2D eigenvalue weighted by Gasteiger charge is 2.04. The standard InChI is InChI=1S/C12H14N2O/c1-3-14-10(2)11(6-7-12(14)15)13-8-4-5-9-13/h4-9H,3H2,1-2H3. The Bertz CT molecular complexity index is 509. The van der Waals surface area contributed by atoms with E-state index in [2.05, 4.69) is 0 Å². The maximum Gasteiger partial charge on any atom is 0.250 e. The summed E-state index contributed by atoms with van der Waals surface area (Å²) in [6, 6.07) is 7.43. The van der Waals surface area contributed by atoms with Crippen molar-refractivity contribution in [2.75, 3.05) is 0 Å². The van der Waals surface area contributed by atoms with Crippen LogP contribution in [0.3, 0.4) is 0 Å². The summed E-state index contributed by atoms with van der Waals surface area (Å²) in [5.41, 5.74) is 2.12. The molecule has 0 atom stereocenters. The molecular formula is C12H14N2O. The van der Waals surface area contributed by atoms with Gasteiger partial charge in [0.15, 0.2) is 0 Å². The van der Waals surface area contributed by atoms with Gasteiger partial charge in [-0.25, -0.2) is 0 Å². The summed E-state index contributed by atoms with van der Waals surface area (Å²) in [6.45, 7) is 4.66. The van der Waals surface area contributed by atoms with Gasteiger partial charge in [0, 0.05) is 30.7 Å². The quantitative estimate of drug-likeness (QED) is 0.731. The van der Waals surface area contributed by atoms with Gasteiger partial charge in [-0.05, 0) is 32.0 Å². The molecule has 78 valence electrons. The van der Waals surface area contributed by atoms with Crippen molar-refractivity contribution in [1.82, 2.24) is 9.13 Å². The molecule has 0 radical (unpaired) electrons. The van der Waals surface area contributed by atoms with Crippen LogP contribution in [-0.4, -0.2) is 9.13 Å². The topological polar surface area (TPSA) is 26.9 Å². The van der Waals surface area contributed by atoms with Gasteiger partial charge in [0.05, 0.1) is 5.69 Å². The predicted octanol–water partition coefficient (Wildman–Crippen LogP) is 1.97. The maximum absolute atomic E-state index is 11.5. The van der Waals surface area contributed by atoms with E-state index in [9.17, 15) is 4.79 Å². The highest BCUT2D eigenvalue weighted by molar-refractivity contribution is 5.36. The zero-order valence-electron chi connectivity index (χ0n) is 8.97. The predicted molar refractivity (Wildman–Crippen MR) is 60.4 cm³/mol. The Morgan fingerprint density at radius 3 is 2.47 bits per heavy atom. The second-order valence-electron chi connectivity index (χ2n) is 3.48. The van der Waals surface area contributed by atoms with Gasteiger partial charge in [-0.3, -0.25) is 4.79 Å². The molecule has 2 heterocycles. The lowest BCUT2D eigenvalue weighted by Crippen LogP contribution is -2.21. The lowest BCUT2D eigenvalue weighted by Gasteiger charge is -2.12. The van der Waals surface area contributed by atoms with Crippen molar-refractivity contribution >= 4 is 0 Å². The molecule has 0 fully saturated rings. The molecule has 0 aromatic carbocycles. The molecule has 0 unspecified atom stereocenters. The Hall–Kier alpha value is -1.77. The van der Waals surface area contributed by atoms with Crippen LogP contribution in [0.2, 0.25) is 0 Å². The Morgan fingerprint density at radius 1 is 1.20 bits per heavy atom. The molecule has 0 amide bonds. The number of hydrogen-bond acceptors (Lipinski definition) is 1. The van der Waals surface area contributed by atoms with E-state index in [4.69, 9.17) is 0 Å². The highest BCUT2D eigenvalue weighted by Crippen LogP contribution is 2.11. The van der Waals surface area contributed by atoms with Crippen molar-refractivity contribution in [3.8, 4) is 5.69 Å². The van der Waals surface area contributed by atoms with Gasteiger partial charge in [0.2, 0.25) is 0 Å². The van der Waals surface area contributed by atoms with E-state index >= 15 is 0 Å². The molecule has 0 bridgehead atoms. The third-order valence-corrected chi connectivity index (χ3v) is 2.62. The summed E-state index contributed by atoms with van der Waals surface area (Å²) in [5, 5.41) is 0. The van der Waals surface area contributed by atoms with Crippen LogP contribution in [0.25, 0.3) is 5.69 Å². The largest absolute Gasteiger partial charge is 0.322 e. The molecule has 0 N–H and O–H groups in total. The Morgan fingerprint density at radius 2 is 1.87 bits per heavy atom. The number of pyridine rings is 1. The normalized spacial score (nSPS) is 10.5. The fraction of sp³-hybridized carbons (Fsp3) is 0.250. The number of aromatic nitrogens is 2. The summed E-state index contributed by atoms with van der Waals surface area (Å²) in [5.74, 6) is 0. The molecular weight excluding hydrogens is 188 g/mol. The van der Waals surface area contributed by atoms with E-state index in [0.717, 1.165) is 11.4 Å². The Balaban J connectivity index is 2.65. The second kappa shape index (κ2) is 3.77. The summed E-state index contributed by atoms with van der Waals surface area (Å²) in [6.07, 6.45) is 3.96. The summed E-state index contributed by atoms with van der Waals surface area (Å²) < 4.78 is 3.79. The van der Waals surface area contributed by atoms with Crippen molar-refractivity contribution in [3.05, 3.63) is 52.7 Å². The van der Waals surface area contributed by atoms with Crippen molar-refractivity contribution in [2.24, 2.45) is 0 Å². The molecule has 3 nitrogen and oxygen atoms in total. The Labute approximate surface area is 88.6 Å². The van der Waals surface area contributed by atoms with Gasteiger partial charge >= 0.3 is 0 Å². The molecule has 0 aliphatic heterocycles. The number of nitrogens with zero attached hydrogens (tertiary/aromatic N) is 2. The second-order valence-corrected chi connectivity index (χ2v) is 3.48. The van der Waals surface area contributed by atoms with Gasteiger partial charge in [-0.1, -0.05) is 0 Å². The smallest absolute Gasteiger partial charge is 0.250 e. The summed E-state index contributed by atoms with van der Waals surface area (Å²) in [7, 11) is 0. The number of rotatable bonds is 2. The Kier molecular flexibility index (Phi) is 2.46. The van der Waals surface area contributed by atoms with Crippen LogP contribution in [0, 0.1) is 6.92 Å². The number of hydrogen-bond donors (Lipinski definition) is 0. The van der Waals surface area contributed by atoms with Crippen LogP contribution in [0.4, 0.5) is 0 Å². The van der Waals surface area contributed by atoms with Crippen molar-refractivity contribution in [2.45, 2.75) is 20.4 Å². The van der Waals surface area contributed by atoms with Gasteiger partial charge in [0.25, 0.3) is 5.56 Å². The van der Waals surface area contributed by atoms with Crippen molar-refractivity contribution in [1.29, 1.82) is 0 Å². The van der Waals surface area contributed by atoms with Crippen LogP contribution >= 0.6 is 0 Å². The lowest BCUT2D eigenvalue weighted by atomic mass is 10.3. The van der Waals surface area contributed by atoms with E-state index < -0.39 is 0 Å². The first-order valence-corrected chi connectivity index (χ1v) is 5.08. The van der Waals surface area contributed by atoms with E-state index in [0.29, 0.717) is 6.54 Å². The van der Waals surface area contributed by atoms with Crippen LogP contribution in [0.1, 0.15) is 12.6 Å². The van der Waals surface area contributed by atoms with Gasteiger partial charge in [0.1, 0.15) is 0 Å². The lowest BCUT2D eigenvalue weighted by molar-refractivity contribution is 0.694. The van der Waals surface area contributed by atoms with Gasteiger partial charge in [-0.2, -0.15) is 0 Å². The fourth-order valence-corrected chi connectivity index (χ4v) is 1.83. The summed E-state index contributed by atoms with van der Waals surface area (Å²) >= 11 is 0. The summed E-state index contributed by atoms with van der Waals surface area (Å²) in [4.78, 5) is 11.5. The average molecular weight is 202 g/mol. The van der Waals surface area contributed by atoms with E-state index in [1.54, 1.807) is 10.6 Å². The van der Waals surface area contributed by atoms with E-state index in [1.807, 2.05) is 49.0 Å². The molecule has 3 heteroatoms. The van der Waals surface area contributed by atoms with Crippen LogP contribution in [0.15, 0.2) is 41.5 Å². The van der Waals surface area contributed by atoms with Crippen molar-refractivity contribution in [3.63, 3.8) is 0 Å². The molecule has 2 aromatic rings. The van der Waals surface area contributed by atoms with Gasteiger partial charge < -0.3 is 9.13 Å². The van der Waals surface area contributed by atoms with E-state index in [1.165, 1.54) is 0 Å². The van der Waals surface area contributed by atoms with Crippen LogP contribution in [0.5, 0.6) is 0 Å². The zero-order chi connectivity index (χ0) is 10.8. The maximum atomic E-state index is 11.5. The molecule has 0 saturated heterocycles. The molecule has 0 spiro atoms. The van der Waals surface area contributed by atoms with Crippen molar-refractivity contribution < 1.29 is 0 Å². The first-order valence-electron chi connectivity index (χ1n) is 5.08. The SMILES string of the molecule is CCn1c(C)c(-n2cccc2)ccc1=O. The average Bonchev–Trinajstić information content (AvgIpc) is 2.71. The molecule has 0 saturated carbocycles. The highest BCUT2D eigenvalue weighted by atomic mass is 16.1. The molecule has 2 rings (SSSR count). The molecule has 0 aliphatic rings. The minimum Gasteiger partial charge on any atom is -0.322 e. The van der Waals surface area contributed by atoms with Crippen LogP contribution < -0.4 is 5.56 Å². The third-order valence-electron chi connectivity index (χ3n) is 2.62. The molecule has 2 aromatic heterocycles. The van der Waals surface area contributed by atoms with E-state index in [-0.39, 0.29) is 5.56 Å². The third kappa shape index (κ3) is 1.61. The zero-order valence-corrected chi connectivity index (χ0v) is 8.97. The minimum atomic E-state index is 0.0610.